The lowest BCUT2D eigenvalue weighted by atomic mass is 9.79. The lowest BCUT2D eigenvalue weighted by Crippen LogP contribution is -2.49. The summed E-state index contributed by atoms with van der Waals surface area (Å²) in [4.78, 5) is 12.3. The van der Waals surface area contributed by atoms with Crippen molar-refractivity contribution in [2.75, 3.05) is 26.3 Å². The Morgan fingerprint density at radius 3 is 2.55 bits per heavy atom. The third-order valence-corrected chi connectivity index (χ3v) is 4.19. The predicted molar refractivity (Wildman–Crippen MR) is 79.7 cm³/mol. The standard InChI is InChI=1S/C15H21ClN2O2/c16-13-3-1-12(2-4-13)5-8-18-14(19)15(11-17)6-9-20-10-7-15/h1-4H,5-11,17H2,(H,18,19). The molecule has 1 heterocycles. The number of halogens is 1. The SMILES string of the molecule is NCC1(C(=O)NCCc2ccc(Cl)cc2)CCOCC1. The quantitative estimate of drug-likeness (QED) is 0.870. The van der Waals surface area contributed by atoms with Gasteiger partial charge in [-0.2, -0.15) is 0 Å². The fraction of sp³-hybridized carbons (Fsp3) is 0.533. The van der Waals surface area contributed by atoms with E-state index in [-0.39, 0.29) is 5.91 Å². The Labute approximate surface area is 124 Å². The van der Waals surface area contributed by atoms with E-state index in [1.165, 1.54) is 0 Å². The molecule has 20 heavy (non-hydrogen) atoms. The van der Waals surface area contributed by atoms with Crippen LogP contribution in [-0.2, 0) is 16.0 Å². The molecule has 5 heteroatoms. The van der Waals surface area contributed by atoms with Gasteiger partial charge in [-0.05, 0) is 37.0 Å². The van der Waals surface area contributed by atoms with Gasteiger partial charge in [-0.1, -0.05) is 23.7 Å². The molecule has 2 rings (SSSR count). The van der Waals surface area contributed by atoms with Crippen molar-refractivity contribution in [2.24, 2.45) is 11.1 Å². The molecule has 0 unspecified atom stereocenters. The molecule has 4 nitrogen and oxygen atoms in total. The highest BCUT2D eigenvalue weighted by molar-refractivity contribution is 6.30. The smallest absolute Gasteiger partial charge is 0.227 e. The van der Waals surface area contributed by atoms with Gasteiger partial charge in [0.15, 0.2) is 0 Å². The number of benzene rings is 1. The van der Waals surface area contributed by atoms with Gasteiger partial charge in [0, 0.05) is 31.3 Å². The van der Waals surface area contributed by atoms with Crippen molar-refractivity contribution in [2.45, 2.75) is 19.3 Å². The van der Waals surface area contributed by atoms with Crippen LogP contribution in [-0.4, -0.2) is 32.2 Å². The normalized spacial score (nSPS) is 17.7. The number of nitrogens with two attached hydrogens (primary N) is 1. The van der Waals surface area contributed by atoms with Crippen LogP contribution < -0.4 is 11.1 Å². The monoisotopic (exact) mass is 296 g/mol. The van der Waals surface area contributed by atoms with Crippen LogP contribution in [0.4, 0.5) is 0 Å². The van der Waals surface area contributed by atoms with E-state index in [0.717, 1.165) is 17.0 Å². The topological polar surface area (TPSA) is 64.4 Å². The summed E-state index contributed by atoms with van der Waals surface area (Å²) in [5.74, 6) is 0.0530. The Balaban J connectivity index is 1.83. The second-order valence-corrected chi connectivity index (χ2v) is 5.67. The summed E-state index contributed by atoms with van der Waals surface area (Å²) in [5, 5.41) is 3.72. The molecular weight excluding hydrogens is 276 g/mol. The minimum Gasteiger partial charge on any atom is -0.381 e. The van der Waals surface area contributed by atoms with Gasteiger partial charge >= 0.3 is 0 Å². The zero-order valence-corrected chi connectivity index (χ0v) is 12.3. The van der Waals surface area contributed by atoms with Gasteiger partial charge < -0.3 is 15.8 Å². The number of ether oxygens (including phenoxy) is 1. The summed E-state index contributed by atoms with van der Waals surface area (Å²) >= 11 is 5.84. The van der Waals surface area contributed by atoms with Crippen LogP contribution in [0.15, 0.2) is 24.3 Å². The van der Waals surface area contributed by atoms with Crippen molar-refractivity contribution in [1.82, 2.24) is 5.32 Å². The van der Waals surface area contributed by atoms with Crippen molar-refractivity contribution < 1.29 is 9.53 Å². The molecule has 1 aromatic rings. The summed E-state index contributed by atoms with van der Waals surface area (Å²) in [6.07, 6.45) is 2.20. The van der Waals surface area contributed by atoms with Gasteiger partial charge in [-0.15, -0.1) is 0 Å². The Morgan fingerprint density at radius 2 is 1.95 bits per heavy atom. The highest BCUT2D eigenvalue weighted by atomic mass is 35.5. The van der Waals surface area contributed by atoms with Gasteiger partial charge in [0.1, 0.15) is 0 Å². The minimum atomic E-state index is -0.446. The minimum absolute atomic E-state index is 0.0530. The molecule has 0 radical (unpaired) electrons. The number of carbonyl (C=O) groups is 1. The molecule has 0 aromatic heterocycles. The van der Waals surface area contributed by atoms with Crippen molar-refractivity contribution >= 4 is 17.5 Å². The van der Waals surface area contributed by atoms with Crippen LogP contribution in [0.3, 0.4) is 0 Å². The van der Waals surface area contributed by atoms with E-state index in [1.807, 2.05) is 24.3 Å². The van der Waals surface area contributed by atoms with Crippen molar-refractivity contribution in [3.8, 4) is 0 Å². The number of carbonyl (C=O) groups excluding carboxylic acids is 1. The van der Waals surface area contributed by atoms with E-state index in [1.54, 1.807) is 0 Å². The van der Waals surface area contributed by atoms with Crippen LogP contribution >= 0.6 is 11.6 Å². The van der Waals surface area contributed by atoms with Gasteiger partial charge in [-0.3, -0.25) is 4.79 Å². The maximum Gasteiger partial charge on any atom is 0.227 e. The number of rotatable bonds is 5. The van der Waals surface area contributed by atoms with E-state index < -0.39 is 5.41 Å². The molecule has 110 valence electrons. The second-order valence-electron chi connectivity index (χ2n) is 5.23. The van der Waals surface area contributed by atoms with Crippen LogP contribution in [0.2, 0.25) is 5.02 Å². The van der Waals surface area contributed by atoms with E-state index in [4.69, 9.17) is 22.1 Å². The molecule has 0 atom stereocenters. The first-order chi connectivity index (χ1) is 9.66. The number of nitrogens with one attached hydrogen (secondary N) is 1. The molecule has 1 aromatic carbocycles. The van der Waals surface area contributed by atoms with Gasteiger partial charge in [0.2, 0.25) is 5.91 Å². The lowest BCUT2D eigenvalue weighted by Gasteiger charge is -2.34. The van der Waals surface area contributed by atoms with Crippen LogP contribution in [0.25, 0.3) is 0 Å². The van der Waals surface area contributed by atoms with Crippen molar-refractivity contribution in [3.63, 3.8) is 0 Å². The maximum atomic E-state index is 12.3. The first kappa shape index (κ1) is 15.3. The zero-order chi connectivity index (χ0) is 14.4. The van der Waals surface area contributed by atoms with E-state index in [0.29, 0.717) is 39.1 Å². The van der Waals surface area contributed by atoms with Gasteiger partial charge in [0.05, 0.1) is 5.41 Å². The molecule has 0 saturated carbocycles. The summed E-state index contributed by atoms with van der Waals surface area (Å²) in [7, 11) is 0. The van der Waals surface area contributed by atoms with Crippen LogP contribution in [0.5, 0.6) is 0 Å². The summed E-state index contributed by atoms with van der Waals surface area (Å²) in [6.45, 7) is 2.22. The number of hydrogen-bond acceptors (Lipinski definition) is 3. The van der Waals surface area contributed by atoms with Gasteiger partial charge in [-0.25, -0.2) is 0 Å². The van der Waals surface area contributed by atoms with E-state index >= 15 is 0 Å². The van der Waals surface area contributed by atoms with Crippen molar-refractivity contribution in [3.05, 3.63) is 34.9 Å². The highest BCUT2D eigenvalue weighted by Crippen LogP contribution is 2.29. The summed E-state index contributed by atoms with van der Waals surface area (Å²) in [6, 6.07) is 7.67. The van der Waals surface area contributed by atoms with E-state index in [2.05, 4.69) is 5.32 Å². The average Bonchev–Trinajstić information content (AvgIpc) is 2.50. The van der Waals surface area contributed by atoms with E-state index in [9.17, 15) is 4.79 Å². The Morgan fingerprint density at radius 1 is 1.30 bits per heavy atom. The molecule has 1 aliphatic heterocycles. The first-order valence-electron chi connectivity index (χ1n) is 6.97. The number of hydrogen-bond donors (Lipinski definition) is 2. The zero-order valence-electron chi connectivity index (χ0n) is 11.5. The lowest BCUT2D eigenvalue weighted by molar-refractivity contribution is -0.135. The number of amides is 1. The van der Waals surface area contributed by atoms with Crippen molar-refractivity contribution in [1.29, 1.82) is 0 Å². The summed E-state index contributed by atoms with van der Waals surface area (Å²) in [5.41, 5.74) is 6.52. The third-order valence-electron chi connectivity index (χ3n) is 3.93. The molecule has 1 amide bonds. The molecular formula is C15H21ClN2O2. The second kappa shape index (κ2) is 7.07. The molecule has 1 aliphatic rings. The molecule has 0 aliphatic carbocycles. The first-order valence-corrected chi connectivity index (χ1v) is 7.35. The molecule has 1 fully saturated rings. The highest BCUT2D eigenvalue weighted by Gasteiger charge is 2.38. The average molecular weight is 297 g/mol. The molecule has 0 spiro atoms. The fourth-order valence-electron chi connectivity index (χ4n) is 2.44. The summed E-state index contributed by atoms with van der Waals surface area (Å²) < 4.78 is 5.31. The molecule has 3 N–H and O–H groups in total. The van der Waals surface area contributed by atoms with Crippen LogP contribution in [0.1, 0.15) is 18.4 Å². The van der Waals surface area contributed by atoms with Crippen LogP contribution in [0, 0.1) is 5.41 Å². The Hall–Kier alpha value is -1.10. The fourth-order valence-corrected chi connectivity index (χ4v) is 2.57. The largest absolute Gasteiger partial charge is 0.381 e. The molecule has 0 bridgehead atoms. The Kier molecular flexibility index (Phi) is 5.40. The predicted octanol–water partition coefficient (Wildman–Crippen LogP) is 1.75. The van der Waals surface area contributed by atoms with Gasteiger partial charge in [0.25, 0.3) is 0 Å². The maximum absolute atomic E-state index is 12.3. The molecule has 1 saturated heterocycles. The third kappa shape index (κ3) is 3.72. The Bertz CT molecular complexity index is 442.